The Kier molecular flexibility index (Phi) is 4.49. The number of nitrogens with zero attached hydrogens (tertiary/aromatic N) is 1. The Morgan fingerprint density at radius 1 is 1.45 bits per heavy atom. The molecule has 3 rings (SSSR count). The van der Waals surface area contributed by atoms with Gasteiger partial charge >= 0.3 is 0 Å². The van der Waals surface area contributed by atoms with Crippen LogP contribution in [0.5, 0.6) is 0 Å². The minimum atomic E-state index is -0.236. The third kappa shape index (κ3) is 3.51. The van der Waals surface area contributed by atoms with E-state index in [0.29, 0.717) is 17.5 Å². The maximum absolute atomic E-state index is 12.9. The highest BCUT2D eigenvalue weighted by Crippen LogP contribution is 2.23. The number of hydrogen-bond donors (Lipinski definition) is 2. The number of nitrogens with one attached hydrogen (secondary N) is 2. The van der Waals surface area contributed by atoms with Crippen molar-refractivity contribution in [3.05, 3.63) is 46.7 Å². The van der Waals surface area contributed by atoms with E-state index in [9.17, 15) is 9.18 Å². The molecule has 2 heterocycles. The fourth-order valence-corrected chi connectivity index (χ4v) is 3.20. The maximum Gasteiger partial charge on any atom is 0.229 e. The summed E-state index contributed by atoms with van der Waals surface area (Å²) in [5, 5.41) is 6.69. The smallest absolute Gasteiger partial charge is 0.229 e. The van der Waals surface area contributed by atoms with E-state index < -0.39 is 0 Å². The number of rotatable bonds is 5. The van der Waals surface area contributed by atoms with Gasteiger partial charge in [-0.3, -0.25) is 4.79 Å². The number of halogens is 1. The van der Waals surface area contributed by atoms with Crippen molar-refractivity contribution in [2.24, 2.45) is 11.8 Å². The number of amides is 1. The van der Waals surface area contributed by atoms with Crippen LogP contribution in [0.15, 0.2) is 30.5 Å². The molecule has 4 nitrogen and oxygen atoms in total. The number of aromatic nitrogens is 1. The fraction of sp³-hybridized carbons (Fsp3) is 0.375. The molecule has 6 heteroatoms. The summed E-state index contributed by atoms with van der Waals surface area (Å²) in [6.45, 7) is 3.76. The molecule has 1 amide bonds. The lowest BCUT2D eigenvalue weighted by Gasteiger charge is -2.31. The average Bonchev–Trinajstić information content (AvgIpc) is 2.86. The predicted octanol–water partition coefficient (Wildman–Crippen LogP) is 2.67. The summed E-state index contributed by atoms with van der Waals surface area (Å²) >= 11 is 1.46. The van der Waals surface area contributed by atoms with Gasteiger partial charge in [-0.25, -0.2) is 9.37 Å². The normalized spacial score (nSPS) is 16.1. The summed E-state index contributed by atoms with van der Waals surface area (Å²) in [6.07, 6.45) is 2.45. The largest absolute Gasteiger partial charge is 0.316 e. The molecule has 0 spiro atoms. The summed E-state index contributed by atoms with van der Waals surface area (Å²) in [5.41, 5.74) is 1.02. The Bertz CT molecular complexity index is 652. The molecular weight excluding hydrogens is 301 g/mol. The van der Waals surface area contributed by atoms with Crippen molar-refractivity contribution < 1.29 is 9.18 Å². The minimum Gasteiger partial charge on any atom is -0.316 e. The van der Waals surface area contributed by atoms with Gasteiger partial charge in [0.25, 0.3) is 0 Å². The van der Waals surface area contributed by atoms with E-state index in [1.54, 1.807) is 18.3 Å². The Morgan fingerprint density at radius 3 is 2.82 bits per heavy atom. The van der Waals surface area contributed by atoms with Crippen molar-refractivity contribution in [2.75, 3.05) is 18.4 Å². The third-order valence-electron chi connectivity index (χ3n) is 4.01. The van der Waals surface area contributed by atoms with Crippen LogP contribution in [0, 0.1) is 17.7 Å². The van der Waals surface area contributed by atoms with Gasteiger partial charge in [-0.2, -0.15) is 0 Å². The van der Waals surface area contributed by atoms with Gasteiger partial charge in [0.1, 0.15) is 5.82 Å². The molecule has 1 aromatic heterocycles. The molecule has 1 aliphatic rings. The molecule has 1 unspecified atom stereocenters. The molecule has 2 N–H and O–H groups in total. The maximum atomic E-state index is 12.9. The molecule has 1 saturated heterocycles. The number of carbonyl (C=O) groups excluding carboxylic acids is 1. The van der Waals surface area contributed by atoms with Crippen LogP contribution in [0.3, 0.4) is 0 Å². The van der Waals surface area contributed by atoms with E-state index in [1.165, 1.54) is 23.5 Å². The molecule has 0 saturated carbocycles. The van der Waals surface area contributed by atoms with Crippen LogP contribution >= 0.6 is 11.3 Å². The van der Waals surface area contributed by atoms with Crippen molar-refractivity contribution in [3.8, 4) is 0 Å². The summed E-state index contributed by atoms with van der Waals surface area (Å²) in [5.74, 6) is 0.194. The second-order valence-electron chi connectivity index (χ2n) is 5.63. The monoisotopic (exact) mass is 319 g/mol. The molecule has 116 valence electrons. The lowest BCUT2D eigenvalue weighted by molar-refractivity contribution is -0.121. The molecule has 1 atom stereocenters. The quantitative estimate of drug-likeness (QED) is 0.891. The van der Waals surface area contributed by atoms with Gasteiger partial charge in [0, 0.05) is 23.4 Å². The molecule has 2 aromatic rings. The van der Waals surface area contributed by atoms with Gasteiger partial charge in [0.05, 0.1) is 0 Å². The highest BCUT2D eigenvalue weighted by molar-refractivity contribution is 7.15. The van der Waals surface area contributed by atoms with Crippen molar-refractivity contribution in [3.63, 3.8) is 0 Å². The van der Waals surface area contributed by atoms with Crippen LogP contribution in [-0.2, 0) is 11.2 Å². The summed E-state index contributed by atoms with van der Waals surface area (Å²) in [4.78, 5) is 17.4. The van der Waals surface area contributed by atoms with E-state index in [0.717, 1.165) is 23.5 Å². The van der Waals surface area contributed by atoms with E-state index >= 15 is 0 Å². The van der Waals surface area contributed by atoms with E-state index in [-0.39, 0.29) is 17.6 Å². The highest BCUT2D eigenvalue weighted by Gasteiger charge is 2.29. The third-order valence-corrected chi connectivity index (χ3v) is 4.92. The molecule has 0 radical (unpaired) electrons. The first kappa shape index (κ1) is 15.1. The number of thiazole rings is 1. The lowest BCUT2D eigenvalue weighted by Crippen LogP contribution is -2.48. The van der Waals surface area contributed by atoms with Crippen LogP contribution in [-0.4, -0.2) is 24.0 Å². The van der Waals surface area contributed by atoms with Crippen LogP contribution in [0.25, 0.3) is 0 Å². The van der Waals surface area contributed by atoms with Crippen molar-refractivity contribution >= 4 is 22.4 Å². The Labute approximate surface area is 132 Å². The summed E-state index contributed by atoms with van der Waals surface area (Å²) < 4.78 is 12.9. The Hall–Kier alpha value is -1.79. The van der Waals surface area contributed by atoms with Crippen molar-refractivity contribution in [1.82, 2.24) is 10.3 Å². The first-order valence-electron chi connectivity index (χ1n) is 7.32. The zero-order valence-electron chi connectivity index (χ0n) is 12.3. The van der Waals surface area contributed by atoms with Crippen LogP contribution in [0.4, 0.5) is 9.52 Å². The zero-order valence-corrected chi connectivity index (χ0v) is 13.1. The Morgan fingerprint density at radius 2 is 2.18 bits per heavy atom. The zero-order chi connectivity index (χ0) is 15.5. The summed E-state index contributed by atoms with van der Waals surface area (Å²) in [6, 6.07) is 6.43. The van der Waals surface area contributed by atoms with Gasteiger partial charge in [-0.1, -0.05) is 19.1 Å². The van der Waals surface area contributed by atoms with Crippen molar-refractivity contribution in [2.45, 2.75) is 13.3 Å². The minimum absolute atomic E-state index is 0.00861. The number of benzene rings is 1. The summed E-state index contributed by atoms with van der Waals surface area (Å²) in [7, 11) is 0. The molecule has 0 bridgehead atoms. The molecule has 1 aromatic carbocycles. The molecule has 0 aliphatic carbocycles. The molecule has 1 aliphatic heterocycles. The van der Waals surface area contributed by atoms with Crippen molar-refractivity contribution in [1.29, 1.82) is 0 Å². The lowest BCUT2D eigenvalue weighted by atomic mass is 9.88. The number of anilines is 1. The van der Waals surface area contributed by atoms with Gasteiger partial charge < -0.3 is 10.6 Å². The first-order chi connectivity index (χ1) is 10.6. The molecular formula is C16H18FN3OS. The molecule has 1 fully saturated rings. The second-order valence-corrected chi connectivity index (χ2v) is 6.75. The predicted molar refractivity (Wildman–Crippen MR) is 85.5 cm³/mol. The Balaban J connectivity index is 1.58. The SMILES string of the molecule is CC(C(=O)Nc1ncc(Cc2ccc(F)cc2)s1)C1CNC1. The molecule has 22 heavy (non-hydrogen) atoms. The van der Waals surface area contributed by atoms with Gasteiger partial charge in [-0.15, -0.1) is 11.3 Å². The van der Waals surface area contributed by atoms with Crippen LogP contribution in [0.1, 0.15) is 17.4 Å². The first-order valence-corrected chi connectivity index (χ1v) is 8.14. The van der Waals surface area contributed by atoms with E-state index in [2.05, 4.69) is 15.6 Å². The second kappa shape index (κ2) is 6.54. The number of carbonyl (C=O) groups is 1. The average molecular weight is 319 g/mol. The van der Waals surface area contributed by atoms with Gasteiger partial charge in [-0.05, 0) is 36.7 Å². The van der Waals surface area contributed by atoms with Crippen LogP contribution < -0.4 is 10.6 Å². The standard InChI is InChI=1S/C16H18FN3OS/c1-10(12-7-18-8-12)15(21)20-16-19-9-14(22-16)6-11-2-4-13(17)5-3-11/h2-5,9-10,12,18H,6-8H2,1H3,(H,19,20,21). The van der Waals surface area contributed by atoms with Gasteiger partial charge in [0.15, 0.2) is 5.13 Å². The highest BCUT2D eigenvalue weighted by atomic mass is 32.1. The van der Waals surface area contributed by atoms with E-state index in [1.807, 2.05) is 6.92 Å². The van der Waals surface area contributed by atoms with E-state index in [4.69, 9.17) is 0 Å². The topological polar surface area (TPSA) is 54.0 Å². The fourth-order valence-electron chi connectivity index (χ4n) is 2.35. The number of hydrogen-bond acceptors (Lipinski definition) is 4. The van der Waals surface area contributed by atoms with Gasteiger partial charge in [0.2, 0.25) is 5.91 Å². The van der Waals surface area contributed by atoms with Crippen LogP contribution in [0.2, 0.25) is 0 Å².